The van der Waals surface area contributed by atoms with Crippen molar-refractivity contribution in [2.45, 2.75) is 25.8 Å². The Bertz CT molecular complexity index is 696. The molecular weight excluding hydrogens is 330 g/mol. The van der Waals surface area contributed by atoms with Crippen molar-refractivity contribution in [3.63, 3.8) is 0 Å². The summed E-state index contributed by atoms with van der Waals surface area (Å²) in [5.41, 5.74) is 8.41. The van der Waals surface area contributed by atoms with Crippen LogP contribution >= 0.6 is 15.9 Å². The number of piperidine rings is 1. The van der Waals surface area contributed by atoms with Gasteiger partial charge >= 0.3 is 0 Å². The lowest BCUT2D eigenvalue weighted by atomic mass is 10.0. The molecule has 0 aliphatic carbocycles. The number of pyridine rings is 1. The van der Waals surface area contributed by atoms with Gasteiger partial charge in [0.05, 0.1) is 11.1 Å². The number of carbonyl (C=O) groups excluding carboxylic acids is 1. The number of benzene rings is 1. The number of likely N-dealkylation sites (tertiary alicyclic amines) is 1. The third-order valence-electron chi connectivity index (χ3n) is 3.88. The van der Waals surface area contributed by atoms with Gasteiger partial charge in [0.25, 0.3) is 5.91 Å². The number of halogens is 1. The first-order valence-corrected chi connectivity index (χ1v) is 7.95. The van der Waals surface area contributed by atoms with E-state index in [0.29, 0.717) is 6.54 Å². The summed E-state index contributed by atoms with van der Waals surface area (Å²) in [5, 5.41) is 0.896. The number of aromatic nitrogens is 1. The van der Waals surface area contributed by atoms with Crippen molar-refractivity contribution in [1.29, 1.82) is 0 Å². The highest BCUT2D eigenvalue weighted by Gasteiger charge is 2.24. The number of hydrogen-bond acceptors (Lipinski definition) is 3. The molecule has 0 radical (unpaired) electrons. The van der Waals surface area contributed by atoms with Crippen molar-refractivity contribution in [1.82, 2.24) is 9.88 Å². The van der Waals surface area contributed by atoms with E-state index in [9.17, 15) is 4.79 Å². The maximum absolute atomic E-state index is 12.8. The molecule has 1 fully saturated rings. The van der Waals surface area contributed by atoms with Gasteiger partial charge in [0.15, 0.2) is 0 Å². The fourth-order valence-electron chi connectivity index (χ4n) is 2.88. The number of nitrogens with zero attached hydrogens (tertiary/aromatic N) is 2. The second-order valence-electron chi connectivity index (χ2n) is 5.63. The first-order valence-electron chi connectivity index (χ1n) is 7.16. The van der Waals surface area contributed by atoms with Gasteiger partial charge in [-0.1, -0.05) is 22.0 Å². The lowest BCUT2D eigenvalue weighted by Crippen LogP contribution is -2.45. The number of hydrogen-bond donors (Lipinski definition) is 1. The predicted molar refractivity (Wildman–Crippen MR) is 87.3 cm³/mol. The molecule has 1 unspecified atom stereocenters. The Morgan fingerprint density at radius 3 is 3.00 bits per heavy atom. The standard InChI is InChI=1S/C16H18BrN3O/c1-10-7-14(13-5-4-11(17)8-15(13)19-10)16(21)20-6-2-3-12(18)9-20/h4-5,7-8,12H,2-3,6,9,18H2,1H3. The SMILES string of the molecule is Cc1cc(C(=O)N2CCCC(N)C2)c2ccc(Br)cc2n1. The monoisotopic (exact) mass is 347 g/mol. The maximum atomic E-state index is 12.8. The summed E-state index contributed by atoms with van der Waals surface area (Å²) >= 11 is 3.45. The van der Waals surface area contributed by atoms with Gasteiger partial charge in [-0.25, -0.2) is 0 Å². The number of carbonyl (C=O) groups is 1. The lowest BCUT2D eigenvalue weighted by molar-refractivity contribution is 0.0710. The highest BCUT2D eigenvalue weighted by atomic mass is 79.9. The summed E-state index contributed by atoms with van der Waals surface area (Å²) in [6.45, 7) is 3.34. The quantitative estimate of drug-likeness (QED) is 0.862. The summed E-state index contributed by atoms with van der Waals surface area (Å²) in [6.07, 6.45) is 1.97. The smallest absolute Gasteiger partial charge is 0.254 e. The van der Waals surface area contributed by atoms with Crippen LogP contribution in [0, 0.1) is 6.92 Å². The summed E-state index contributed by atoms with van der Waals surface area (Å²) in [5.74, 6) is 0.0583. The number of amides is 1. The fraction of sp³-hybridized carbons (Fsp3) is 0.375. The Morgan fingerprint density at radius 2 is 2.24 bits per heavy atom. The first-order chi connectivity index (χ1) is 10.0. The van der Waals surface area contributed by atoms with Crippen molar-refractivity contribution in [3.05, 3.63) is 40.0 Å². The highest BCUT2D eigenvalue weighted by molar-refractivity contribution is 9.10. The van der Waals surface area contributed by atoms with E-state index in [-0.39, 0.29) is 11.9 Å². The van der Waals surface area contributed by atoms with E-state index in [0.717, 1.165) is 46.0 Å². The van der Waals surface area contributed by atoms with Crippen LogP contribution < -0.4 is 5.73 Å². The molecule has 2 heterocycles. The minimum absolute atomic E-state index is 0.0583. The molecule has 1 aromatic heterocycles. The second kappa shape index (κ2) is 5.73. The number of nitrogens with two attached hydrogens (primary N) is 1. The molecule has 3 rings (SSSR count). The van der Waals surface area contributed by atoms with Crippen molar-refractivity contribution >= 4 is 32.7 Å². The molecule has 1 saturated heterocycles. The summed E-state index contributed by atoms with van der Waals surface area (Å²) in [7, 11) is 0. The van der Waals surface area contributed by atoms with E-state index in [1.807, 2.05) is 36.1 Å². The van der Waals surface area contributed by atoms with Crippen LogP contribution in [0.1, 0.15) is 28.9 Å². The molecule has 1 aliphatic rings. The topological polar surface area (TPSA) is 59.2 Å². The van der Waals surface area contributed by atoms with Crippen LogP contribution in [0.4, 0.5) is 0 Å². The Labute approximate surface area is 132 Å². The van der Waals surface area contributed by atoms with E-state index in [1.54, 1.807) is 0 Å². The van der Waals surface area contributed by atoms with Crippen LogP contribution in [-0.2, 0) is 0 Å². The molecule has 2 N–H and O–H groups in total. The van der Waals surface area contributed by atoms with Gasteiger partial charge in [0.2, 0.25) is 0 Å². The number of aryl methyl sites for hydroxylation is 1. The fourth-order valence-corrected chi connectivity index (χ4v) is 3.22. The van der Waals surface area contributed by atoms with E-state index in [2.05, 4.69) is 20.9 Å². The van der Waals surface area contributed by atoms with Gasteiger partial charge < -0.3 is 10.6 Å². The van der Waals surface area contributed by atoms with Gasteiger partial charge in [-0.2, -0.15) is 0 Å². The average Bonchev–Trinajstić information content (AvgIpc) is 2.45. The summed E-state index contributed by atoms with van der Waals surface area (Å²) in [4.78, 5) is 19.2. The van der Waals surface area contributed by atoms with Gasteiger partial charge in [0.1, 0.15) is 0 Å². The van der Waals surface area contributed by atoms with Gasteiger partial charge in [-0.15, -0.1) is 0 Å². The normalized spacial score (nSPS) is 19.0. The Morgan fingerprint density at radius 1 is 1.43 bits per heavy atom. The molecule has 2 aromatic rings. The van der Waals surface area contributed by atoms with E-state index in [1.165, 1.54) is 0 Å². The van der Waals surface area contributed by atoms with Crippen molar-refractivity contribution < 1.29 is 4.79 Å². The molecule has 21 heavy (non-hydrogen) atoms. The maximum Gasteiger partial charge on any atom is 0.254 e. The van der Waals surface area contributed by atoms with Gasteiger partial charge in [-0.05, 0) is 38.0 Å². The third-order valence-corrected chi connectivity index (χ3v) is 4.37. The van der Waals surface area contributed by atoms with Crippen LogP contribution in [0.5, 0.6) is 0 Å². The van der Waals surface area contributed by atoms with Crippen molar-refractivity contribution in [2.24, 2.45) is 5.73 Å². The molecule has 0 spiro atoms. The first kappa shape index (κ1) is 14.5. The zero-order valence-corrected chi connectivity index (χ0v) is 13.6. The molecule has 4 nitrogen and oxygen atoms in total. The molecule has 1 aromatic carbocycles. The minimum Gasteiger partial charge on any atom is -0.337 e. The van der Waals surface area contributed by atoms with Crippen LogP contribution in [0.25, 0.3) is 10.9 Å². The molecule has 1 aliphatic heterocycles. The van der Waals surface area contributed by atoms with Crippen LogP contribution in [0.3, 0.4) is 0 Å². The lowest BCUT2D eigenvalue weighted by Gasteiger charge is -2.31. The molecule has 5 heteroatoms. The van der Waals surface area contributed by atoms with Crippen LogP contribution in [0.15, 0.2) is 28.7 Å². The molecule has 0 bridgehead atoms. The van der Waals surface area contributed by atoms with Crippen LogP contribution in [0.2, 0.25) is 0 Å². The van der Waals surface area contributed by atoms with Crippen LogP contribution in [-0.4, -0.2) is 34.9 Å². The molecule has 1 amide bonds. The van der Waals surface area contributed by atoms with E-state index in [4.69, 9.17) is 5.73 Å². The Kier molecular flexibility index (Phi) is 3.95. The number of fused-ring (bicyclic) bond motifs is 1. The zero-order chi connectivity index (χ0) is 15.0. The van der Waals surface area contributed by atoms with Gasteiger partial charge in [-0.3, -0.25) is 9.78 Å². The predicted octanol–water partition coefficient (Wildman–Crippen LogP) is 2.87. The molecular formula is C16H18BrN3O. The van der Waals surface area contributed by atoms with Crippen molar-refractivity contribution in [3.8, 4) is 0 Å². The zero-order valence-electron chi connectivity index (χ0n) is 12.0. The number of rotatable bonds is 1. The Hall–Kier alpha value is -1.46. The van der Waals surface area contributed by atoms with E-state index >= 15 is 0 Å². The van der Waals surface area contributed by atoms with E-state index < -0.39 is 0 Å². The largest absolute Gasteiger partial charge is 0.337 e. The summed E-state index contributed by atoms with van der Waals surface area (Å²) in [6, 6.07) is 7.80. The average molecular weight is 348 g/mol. The molecule has 1 atom stereocenters. The second-order valence-corrected chi connectivity index (χ2v) is 6.54. The van der Waals surface area contributed by atoms with Gasteiger partial charge in [0, 0.05) is 34.7 Å². The summed E-state index contributed by atoms with van der Waals surface area (Å²) < 4.78 is 0.964. The highest BCUT2D eigenvalue weighted by Crippen LogP contribution is 2.24. The third kappa shape index (κ3) is 2.94. The molecule has 110 valence electrons. The van der Waals surface area contributed by atoms with Crippen molar-refractivity contribution in [2.75, 3.05) is 13.1 Å². The minimum atomic E-state index is 0.0583. The molecule has 0 saturated carbocycles. The Balaban J connectivity index is 2.04.